The van der Waals surface area contributed by atoms with E-state index in [1.807, 2.05) is 18.2 Å². The summed E-state index contributed by atoms with van der Waals surface area (Å²) in [7, 11) is 0. The van der Waals surface area contributed by atoms with Gasteiger partial charge >= 0.3 is 0 Å². The van der Waals surface area contributed by atoms with Crippen molar-refractivity contribution in [2.75, 3.05) is 18.5 Å². The van der Waals surface area contributed by atoms with E-state index in [4.69, 9.17) is 4.74 Å². The predicted octanol–water partition coefficient (Wildman–Crippen LogP) is 1.99. The molecule has 1 unspecified atom stereocenters. The number of hydrogen-bond donors (Lipinski definition) is 2. The number of benzene rings is 1. The molecular formula is C13H15NO2. The molecule has 3 rings (SSSR count). The monoisotopic (exact) mass is 217 g/mol. The molecule has 0 aromatic heterocycles. The fraction of sp³-hybridized carbons (Fsp3) is 0.385. The summed E-state index contributed by atoms with van der Waals surface area (Å²) in [5.41, 5.74) is 3.31. The Bertz CT molecular complexity index is 440. The van der Waals surface area contributed by atoms with Crippen LogP contribution in [0.2, 0.25) is 0 Å². The Morgan fingerprint density at radius 3 is 3.12 bits per heavy atom. The smallest absolute Gasteiger partial charge is 0.138 e. The summed E-state index contributed by atoms with van der Waals surface area (Å²) in [6.07, 6.45) is 3.28. The zero-order valence-electron chi connectivity index (χ0n) is 9.07. The molecule has 1 atom stereocenters. The van der Waals surface area contributed by atoms with Crippen molar-refractivity contribution in [2.45, 2.75) is 18.9 Å². The summed E-state index contributed by atoms with van der Waals surface area (Å²) < 4.78 is 5.41. The quantitative estimate of drug-likeness (QED) is 0.796. The second-order valence-electron chi connectivity index (χ2n) is 4.20. The highest BCUT2D eigenvalue weighted by molar-refractivity contribution is 5.62. The highest BCUT2D eigenvalue weighted by atomic mass is 16.5. The fourth-order valence-corrected chi connectivity index (χ4v) is 2.37. The van der Waals surface area contributed by atoms with E-state index in [1.165, 1.54) is 5.56 Å². The lowest BCUT2D eigenvalue weighted by Gasteiger charge is -2.16. The largest absolute Gasteiger partial charge is 0.495 e. The summed E-state index contributed by atoms with van der Waals surface area (Å²) in [4.78, 5) is 0. The molecule has 1 aromatic rings. The summed E-state index contributed by atoms with van der Waals surface area (Å²) >= 11 is 0. The minimum absolute atomic E-state index is 0.622. The molecule has 16 heavy (non-hydrogen) atoms. The number of anilines is 1. The Hall–Kier alpha value is -1.48. The van der Waals surface area contributed by atoms with Crippen molar-refractivity contribution in [3.05, 3.63) is 41.2 Å². The number of ether oxygens (including phenoxy) is 1. The molecular weight excluding hydrogens is 202 g/mol. The Balaban J connectivity index is 1.97. The van der Waals surface area contributed by atoms with Gasteiger partial charge in [-0.15, -0.1) is 0 Å². The number of rotatable bonds is 2. The van der Waals surface area contributed by atoms with Crippen LogP contribution in [0.25, 0.3) is 0 Å². The first kappa shape index (κ1) is 9.73. The van der Waals surface area contributed by atoms with Crippen LogP contribution in [0.4, 0.5) is 5.69 Å². The topological polar surface area (TPSA) is 41.5 Å². The normalized spacial score (nSPS) is 19.7. The maximum absolute atomic E-state index is 10.3. The van der Waals surface area contributed by atoms with E-state index >= 15 is 0 Å². The molecule has 0 fully saturated rings. The molecule has 84 valence electrons. The van der Waals surface area contributed by atoms with Crippen LogP contribution in [0.15, 0.2) is 30.0 Å². The summed E-state index contributed by atoms with van der Waals surface area (Å²) in [5.74, 6) is 0.696. The lowest BCUT2D eigenvalue weighted by Crippen LogP contribution is -2.05. The SMILES string of the molecule is OC(C1=CCCO1)c1cccc2c1NCC2. The number of aliphatic hydroxyl groups excluding tert-OH is 1. The fourth-order valence-electron chi connectivity index (χ4n) is 2.37. The molecule has 2 N–H and O–H groups in total. The highest BCUT2D eigenvalue weighted by Crippen LogP contribution is 2.35. The van der Waals surface area contributed by atoms with Crippen molar-refractivity contribution in [1.29, 1.82) is 0 Å². The van der Waals surface area contributed by atoms with Gasteiger partial charge in [0, 0.05) is 24.2 Å². The first-order valence-corrected chi connectivity index (χ1v) is 5.73. The van der Waals surface area contributed by atoms with Gasteiger partial charge in [0.15, 0.2) is 0 Å². The standard InChI is InChI=1S/C13H15NO2/c15-13(11-5-2-8-16-11)10-4-1-3-9-6-7-14-12(9)10/h1,3-5,13-15H,2,6-8H2. The van der Waals surface area contributed by atoms with Crippen molar-refractivity contribution >= 4 is 5.69 Å². The number of hydrogen-bond acceptors (Lipinski definition) is 3. The highest BCUT2D eigenvalue weighted by Gasteiger charge is 2.23. The molecule has 2 heterocycles. The average molecular weight is 217 g/mol. The molecule has 0 spiro atoms. The summed E-state index contributed by atoms with van der Waals surface area (Å²) in [6.45, 7) is 1.65. The first-order valence-electron chi connectivity index (χ1n) is 5.73. The second kappa shape index (κ2) is 3.83. The Morgan fingerprint density at radius 1 is 1.38 bits per heavy atom. The van der Waals surface area contributed by atoms with E-state index < -0.39 is 6.10 Å². The third-order valence-electron chi connectivity index (χ3n) is 3.18. The molecule has 3 nitrogen and oxygen atoms in total. The minimum Gasteiger partial charge on any atom is -0.495 e. The third kappa shape index (κ3) is 1.48. The molecule has 2 aliphatic heterocycles. The van der Waals surface area contributed by atoms with E-state index in [1.54, 1.807) is 0 Å². The van der Waals surface area contributed by atoms with Crippen molar-refractivity contribution in [3.63, 3.8) is 0 Å². The van der Waals surface area contributed by atoms with E-state index in [-0.39, 0.29) is 0 Å². The predicted molar refractivity (Wildman–Crippen MR) is 62.2 cm³/mol. The molecule has 0 aliphatic carbocycles. The molecule has 0 radical (unpaired) electrons. The van der Waals surface area contributed by atoms with E-state index in [9.17, 15) is 5.11 Å². The maximum Gasteiger partial charge on any atom is 0.138 e. The lowest BCUT2D eigenvalue weighted by molar-refractivity contribution is 0.119. The van der Waals surface area contributed by atoms with Gasteiger partial charge in [-0.25, -0.2) is 0 Å². The van der Waals surface area contributed by atoms with Crippen molar-refractivity contribution in [2.24, 2.45) is 0 Å². The Morgan fingerprint density at radius 2 is 2.31 bits per heavy atom. The van der Waals surface area contributed by atoms with Gasteiger partial charge in [-0.05, 0) is 18.1 Å². The van der Waals surface area contributed by atoms with E-state index in [0.717, 1.165) is 30.6 Å². The van der Waals surface area contributed by atoms with Crippen LogP contribution in [0.5, 0.6) is 0 Å². The molecule has 2 aliphatic rings. The van der Waals surface area contributed by atoms with Crippen LogP contribution in [0.1, 0.15) is 23.7 Å². The second-order valence-corrected chi connectivity index (χ2v) is 4.20. The van der Waals surface area contributed by atoms with Gasteiger partial charge in [0.25, 0.3) is 0 Å². The maximum atomic E-state index is 10.3. The van der Waals surface area contributed by atoms with Gasteiger partial charge in [-0.3, -0.25) is 0 Å². The van der Waals surface area contributed by atoms with Crippen LogP contribution in [0.3, 0.4) is 0 Å². The zero-order chi connectivity index (χ0) is 11.0. The van der Waals surface area contributed by atoms with Crippen LogP contribution in [0, 0.1) is 0 Å². The Kier molecular flexibility index (Phi) is 2.33. The van der Waals surface area contributed by atoms with Gasteiger partial charge in [0.2, 0.25) is 0 Å². The molecule has 0 saturated carbocycles. The van der Waals surface area contributed by atoms with Gasteiger partial charge in [-0.1, -0.05) is 18.2 Å². The number of fused-ring (bicyclic) bond motifs is 1. The number of para-hydroxylation sites is 1. The van der Waals surface area contributed by atoms with E-state index in [0.29, 0.717) is 12.4 Å². The van der Waals surface area contributed by atoms with Crippen LogP contribution in [-0.2, 0) is 11.2 Å². The Labute approximate surface area is 94.7 Å². The zero-order valence-corrected chi connectivity index (χ0v) is 9.07. The van der Waals surface area contributed by atoms with Gasteiger partial charge in [0.05, 0.1) is 6.61 Å². The van der Waals surface area contributed by atoms with Gasteiger partial charge in [0.1, 0.15) is 11.9 Å². The van der Waals surface area contributed by atoms with Crippen LogP contribution in [-0.4, -0.2) is 18.3 Å². The van der Waals surface area contributed by atoms with Crippen molar-refractivity contribution in [3.8, 4) is 0 Å². The van der Waals surface area contributed by atoms with Crippen LogP contribution < -0.4 is 5.32 Å². The van der Waals surface area contributed by atoms with Gasteiger partial charge < -0.3 is 15.2 Å². The number of aliphatic hydroxyl groups is 1. The molecule has 0 amide bonds. The summed E-state index contributed by atoms with van der Waals surface area (Å²) in [5, 5.41) is 13.6. The first-order chi connectivity index (χ1) is 7.86. The van der Waals surface area contributed by atoms with Crippen molar-refractivity contribution < 1.29 is 9.84 Å². The molecule has 0 saturated heterocycles. The number of nitrogens with one attached hydrogen (secondary N) is 1. The van der Waals surface area contributed by atoms with Gasteiger partial charge in [-0.2, -0.15) is 0 Å². The van der Waals surface area contributed by atoms with Crippen molar-refractivity contribution in [1.82, 2.24) is 0 Å². The van der Waals surface area contributed by atoms with E-state index in [2.05, 4.69) is 11.4 Å². The third-order valence-corrected chi connectivity index (χ3v) is 3.18. The molecule has 1 aromatic carbocycles. The molecule has 0 bridgehead atoms. The minimum atomic E-state index is -0.622. The average Bonchev–Trinajstić information content (AvgIpc) is 2.98. The molecule has 3 heteroatoms. The lowest BCUT2D eigenvalue weighted by atomic mass is 10.0. The van der Waals surface area contributed by atoms with Crippen LogP contribution >= 0.6 is 0 Å². The summed E-state index contributed by atoms with van der Waals surface area (Å²) in [6, 6.07) is 6.07.